The molecule has 4 rings (SSSR count). The molecule has 1 aromatic heterocycles. The maximum Gasteiger partial charge on any atom is 0.255 e. The number of aromatic nitrogens is 2. The van der Waals surface area contributed by atoms with Gasteiger partial charge >= 0.3 is 0 Å². The van der Waals surface area contributed by atoms with Gasteiger partial charge in [0.15, 0.2) is 11.6 Å². The zero-order valence-electron chi connectivity index (χ0n) is 18.8. The molecule has 0 radical (unpaired) electrons. The molecule has 34 heavy (non-hydrogen) atoms. The first kappa shape index (κ1) is 22.8. The van der Waals surface area contributed by atoms with Gasteiger partial charge in [-0.05, 0) is 48.9 Å². The number of ether oxygens (including phenoxy) is 1. The monoisotopic (exact) mass is 454 g/mol. The van der Waals surface area contributed by atoms with Crippen LogP contribution in [0.25, 0.3) is 11.4 Å². The van der Waals surface area contributed by atoms with Crippen LogP contribution in [0, 0.1) is 6.92 Å². The first-order chi connectivity index (χ1) is 16.5. The molecule has 3 aromatic carbocycles. The largest absolute Gasteiger partial charge is 0.493 e. The molecule has 0 saturated heterocycles. The quantitative estimate of drug-likeness (QED) is 0.232. The van der Waals surface area contributed by atoms with Gasteiger partial charge in [-0.1, -0.05) is 42.5 Å². The number of hydrazine groups is 1. The molecule has 8 nitrogen and oxygen atoms in total. The predicted octanol–water partition coefficient (Wildman–Crippen LogP) is 4.19. The van der Waals surface area contributed by atoms with Crippen LogP contribution in [0.2, 0.25) is 0 Å². The van der Waals surface area contributed by atoms with E-state index in [9.17, 15) is 4.79 Å². The van der Waals surface area contributed by atoms with Crippen molar-refractivity contribution in [1.29, 1.82) is 0 Å². The van der Waals surface area contributed by atoms with E-state index in [1.807, 2.05) is 48.5 Å². The Hall–Kier alpha value is -4.43. The molecule has 0 bridgehead atoms. The molecule has 0 aliphatic carbocycles. The van der Waals surface area contributed by atoms with Crippen molar-refractivity contribution in [3.05, 3.63) is 95.7 Å². The lowest BCUT2D eigenvalue weighted by atomic mass is 10.1. The number of carbonyl (C=O) groups is 1. The SMILES string of the molecule is Cc1nc(-c2cccc(C(=O)Nc3ccc(OCCc4ccccc4)cc3)c2)nc(N)c1NN. The summed E-state index contributed by atoms with van der Waals surface area (Å²) in [4.78, 5) is 21.5. The minimum Gasteiger partial charge on any atom is -0.493 e. The van der Waals surface area contributed by atoms with Crippen molar-refractivity contribution in [3.8, 4) is 17.1 Å². The second-order valence-electron chi connectivity index (χ2n) is 7.68. The molecular weight excluding hydrogens is 428 g/mol. The summed E-state index contributed by atoms with van der Waals surface area (Å²) in [5, 5.41) is 2.90. The van der Waals surface area contributed by atoms with Gasteiger partial charge in [0.1, 0.15) is 11.4 Å². The van der Waals surface area contributed by atoms with E-state index in [2.05, 4.69) is 32.8 Å². The summed E-state index contributed by atoms with van der Waals surface area (Å²) in [6, 6.07) is 24.5. The van der Waals surface area contributed by atoms with Crippen LogP contribution >= 0.6 is 0 Å². The molecule has 0 aliphatic rings. The van der Waals surface area contributed by atoms with Gasteiger partial charge in [0.25, 0.3) is 5.91 Å². The summed E-state index contributed by atoms with van der Waals surface area (Å²) in [5.74, 6) is 6.62. The van der Waals surface area contributed by atoms with Gasteiger partial charge in [0.2, 0.25) is 0 Å². The summed E-state index contributed by atoms with van der Waals surface area (Å²) in [5.41, 5.74) is 12.6. The molecule has 172 valence electrons. The third-order valence-electron chi connectivity index (χ3n) is 5.26. The topological polar surface area (TPSA) is 128 Å². The number of hydrogen-bond donors (Lipinski definition) is 4. The van der Waals surface area contributed by atoms with E-state index in [1.54, 1.807) is 25.1 Å². The average molecular weight is 455 g/mol. The molecule has 0 atom stereocenters. The Labute approximate surface area is 198 Å². The van der Waals surface area contributed by atoms with Crippen molar-refractivity contribution >= 4 is 23.1 Å². The van der Waals surface area contributed by atoms with E-state index >= 15 is 0 Å². The number of rotatable bonds is 8. The molecule has 8 heteroatoms. The molecule has 1 amide bonds. The molecule has 0 fully saturated rings. The first-order valence-corrected chi connectivity index (χ1v) is 10.8. The Morgan fingerprint density at radius 2 is 1.74 bits per heavy atom. The van der Waals surface area contributed by atoms with Crippen LogP contribution in [0.15, 0.2) is 78.9 Å². The van der Waals surface area contributed by atoms with E-state index in [4.69, 9.17) is 16.3 Å². The zero-order valence-corrected chi connectivity index (χ0v) is 18.8. The van der Waals surface area contributed by atoms with E-state index in [0.29, 0.717) is 40.6 Å². The van der Waals surface area contributed by atoms with Crippen molar-refractivity contribution in [2.24, 2.45) is 5.84 Å². The summed E-state index contributed by atoms with van der Waals surface area (Å²) in [7, 11) is 0. The van der Waals surface area contributed by atoms with Gasteiger partial charge in [-0.2, -0.15) is 0 Å². The minimum absolute atomic E-state index is 0.242. The van der Waals surface area contributed by atoms with Gasteiger partial charge < -0.3 is 21.2 Å². The second kappa shape index (κ2) is 10.5. The number of anilines is 3. The molecule has 0 aliphatic heterocycles. The number of aryl methyl sites for hydroxylation is 1. The normalized spacial score (nSPS) is 10.5. The lowest BCUT2D eigenvalue weighted by Gasteiger charge is -2.11. The Balaban J connectivity index is 1.39. The van der Waals surface area contributed by atoms with Crippen LogP contribution in [0.1, 0.15) is 21.6 Å². The summed E-state index contributed by atoms with van der Waals surface area (Å²) < 4.78 is 5.81. The lowest BCUT2D eigenvalue weighted by Crippen LogP contribution is -2.14. The molecule has 0 spiro atoms. The van der Waals surface area contributed by atoms with Crippen LogP contribution in [-0.4, -0.2) is 22.5 Å². The van der Waals surface area contributed by atoms with Gasteiger partial charge in [-0.3, -0.25) is 10.6 Å². The van der Waals surface area contributed by atoms with Gasteiger partial charge in [0, 0.05) is 23.2 Å². The predicted molar refractivity (Wildman–Crippen MR) is 134 cm³/mol. The van der Waals surface area contributed by atoms with Crippen molar-refractivity contribution in [2.45, 2.75) is 13.3 Å². The summed E-state index contributed by atoms with van der Waals surface area (Å²) >= 11 is 0. The Morgan fingerprint density at radius 3 is 2.44 bits per heavy atom. The van der Waals surface area contributed by atoms with Crippen molar-refractivity contribution in [3.63, 3.8) is 0 Å². The number of nitrogens with two attached hydrogens (primary N) is 2. The third-order valence-corrected chi connectivity index (χ3v) is 5.26. The Morgan fingerprint density at radius 1 is 0.971 bits per heavy atom. The fourth-order valence-corrected chi connectivity index (χ4v) is 3.47. The first-order valence-electron chi connectivity index (χ1n) is 10.8. The number of carbonyl (C=O) groups excluding carboxylic acids is 1. The van der Waals surface area contributed by atoms with Crippen LogP contribution in [-0.2, 0) is 6.42 Å². The van der Waals surface area contributed by atoms with Gasteiger partial charge in [-0.25, -0.2) is 9.97 Å². The van der Waals surface area contributed by atoms with Gasteiger partial charge in [-0.15, -0.1) is 0 Å². The number of nitrogens with zero attached hydrogens (tertiary/aromatic N) is 2. The minimum atomic E-state index is -0.246. The molecule has 0 unspecified atom stereocenters. The van der Waals surface area contributed by atoms with E-state index in [-0.39, 0.29) is 11.7 Å². The molecule has 0 saturated carbocycles. The number of benzene rings is 3. The van der Waals surface area contributed by atoms with Crippen LogP contribution in [0.5, 0.6) is 5.75 Å². The third kappa shape index (κ3) is 5.48. The fraction of sp³-hybridized carbons (Fsp3) is 0.115. The lowest BCUT2D eigenvalue weighted by molar-refractivity contribution is 0.102. The standard InChI is InChI=1S/C26H26N6O2/c1-17-23(32-28)24(27)31-25(29-17)19-8-5-9-20(16-19)26(33)30-21-10-12-22(13-11-21)34-15-14-18-6-3-2-4-7-18/h2-13,16,32H,14-15,28H2,1H3,(H,30,33)(H2,27,29,31). The summed E-state index contributed by atoms with van der Waals surface area (Å²) in [6.45, 7) is 2.36. The maximum atomic E-state index is 12.8. The number of amides is 1. The van der Waals surface area contributed by atoms with Crippen molar-refractivity contribution in [2.75, 3.05) is 23.1 Å². The molecule has 4 aromatic rings. The van der Waals surface area contributed by atoms with E-state index in [0.717, 1.165) is 12.2 Å². The average Bonchev–Trinajstić information content (AvgIpc) is 2.85. The van der Waals surface area contributed by atoms with Crippen LogP contribution in [0.4, 0.5) is 17.2 Å². The molecular formula is C26H26N6O2. The summed E-state index contributed by atoms with van der Waals surface area (Å²) in [6.07, 6.45) is 0.829. The number of nitrogens with one attached hydrogen (secondary N) is 2. The van der Waals surface area contributed by atoms with E-state index < -0.39 is 0 Å². The van der Waals surface area contributed by atoms with Crippen molar-refractivity contribution in [1.82, 2.24) is 9.97 Å². The number of hydrogen-bond acceptors (Lipinski definition) is 7. The highest BCUT2D eigenvalue weighted by molar-refractivity contribution is 6.04. The highest BCUT2D eigenvalue weighted by atomic mass is 16.5. The molecule has 6 N–H and O–H groups in total. The highest BCUT2D eigenvalue weighted by Crippen LogP contribution is 2.24. The highest BCUT2D eigenvalue weighted by Gasteiger charge is 2.12. The number of nitrogen functional groups attached to an aromatic ring is 2. The molecule has 1 heterocycles. The van der Waals surface area contributed by atoms with Crippen LogP contribution < -0.4 is 27.1 Å². The second-order valence-corrected chi connectivity index (χ2v) is 7.68. The Kier molecular flexibility index (Phi) is 7.00. The van der Waals surface area contributed by atoms with E-state index in [1.165, 1.54) is 5.56 Å². The zero-order chi connectivity index (χ0) is 23.9. The maximum absolute atomic E-state index is 12.8. The van der Waals surface area contributed by atoms with Crippen molar-refractivity contribution < 1.29 is 9.53 Å². The fourth-order valence-electron chi connectivity index (χ4n) is 3.47. The Bertz CT molecular complexity index is 1250. The van der Waals surface area contributed by atoms with Gasteiger partial charge in [0.05, 0.1) is 12.3 Å². The van der Waals surface area contributed by atoms with Crippen LogP contribution in [0.3, 0.4) is 0 Å². The smallest absolute Gasteiger partial charge is 0.255 e.